The standard InChI is InChI=1S/C27H28Cl2N6O4/c1-27(2,3)39-26(38)32-19-10-11-35(15-19)23-9-4-16(13-31-23)24(36)33-21-7-5-17(28)12-20(21)25(37)34-22-8-6-18(29)14-30-22/h4-9,12-14,19H,10-11,15H2,1-3H3,(H,32,38)(H,33,36)(H,30,34,37). The molecule has 3 N–H and O–H groups in total. The number of aromatic nitrogens is 2. The SMILES string of the molecule is CC(C)(C)OC(=O)NC1CCN(c2ccc(C(=O)Nc3ccc(Cl)cc3C(=O)Nc3ccc(Cl)cn3)cn2)C1. The summed E-state index contributed by atoms with van der Waals surface area (Å²) in [5, 5.41) is 9.06. The zero-order valence-corrected chi connectivity index (χ0v) is 23.1. The second-order valence-electron chi connectivity index (χ2n) is 9.94. The molecule has 1 fully saturated rings. The van der Waals surface area contributed by atoms with Crippen LogP contribution in [0.15, 0.2) is 54.9 Å². The van der Waals surface area contributed by atoms with Gasteiger partial charge >= 0.3 is 6.09 Å². The summed E-state index contributed by atoms with van der Waals surface area (Å²) in [6.45, 7) is 6.72. The summed E-state index contributed by atoms with van der Waals surface area (Å²) in [5.41, 5.74) is 0.181. The van der Waals surface area contributed by atoms with E-state index in [4.69, 9.17) is 27.9 Å². The number of hydrogen-bond donors (Lipinski definition) is 3. The van der Waals surface area contributed by atoms with Crippen molar-refractivity contribution >= 4 is 58.4 Å². The number of pyridine rings is 2. The number of ether oxygens (including phenoxy) is 1. The lowest BCUT2D eigenvalue weighted by atomic mass is 10.1. The van der Waals surface area contributed by atoms with E-state index in [-0.39, 0.29) is 17.3 Å². The van der Waals surface area contributed by atoms with Gasteiger partial charge in [0.05, 0.1) is 27.9 Å². The molecule has 39 heavy (non-hydrogen) atoms. The van der Waals surface area contributed by atoms with Gasteiger partial charge in [-0.3, -0.25) is 9.59 Å². The van der Waals surface area contributed by atoms with Gasteiger partial charge in [0.1, 0.15) is 17.2 Å². The number of halogens is 2. The van der Waals surface area contributed by atoms with Gasteiger partial charge in [0, 0.05) is 30.5 Å². The van der Waals surface area contributed by atoms with Gasteiger partial charge in [0.2, 0.25) is 0 Å². The van der Waals surface area contributed by atoms with E-state index in [1.807, 2.05) is 25.7 Å². The highest BCUT2D eigenvalue weighted by Crippen LogP contribution is 2.24. The largest absolute Gasteiger partial charge is 0.444 e. The van der Waals surface area contributed by atoms with Crippen LogP contribution in [0.1, 0.15) is 47.9 Å². The van der Waals surface area contributed by atoms with Gasteiger partial charge in [-0.15, -0.1) is 0 Å². The Bertz CT molecular complexity index is 1360. The van der Waals surface area contributed by atoms with Gasteiger partial charge in [0.25, 0.3) is 11.8 Å². The first-order valence-corrected chi connectivity index (χ1v) is 13.0. The maximum absolute atomic E-state index is 13.0. The summed E-state index contributed by atoms with van der Waals surface area (Å²) in [7, 11) is 0. The second-order valence-corrected chi connectivity index (χ2v) is 10.8. The highest BCUT2D eigenvalue weighted by Gasteiger charge is 2.27. The number of carbonyl (C=O) groups is 3. The van der Waals surface area contributed by atoms with Crippen molar-refractivity contribution in [3.63, 3.8) is 0 Å². The minimum atomic E-state index is -0.565. The zero-order chi connectivity index (χ0) is 28.2. The lowest BCUT2D eigenvalue weighted by molar-refractivity contribution is 0.0508. The minimum absolute atomic E-state index is 0.0674. The third kappa shape index (κ3) is 7.81. The molecular formula is C27H28Cl2N6O4. The van der Waals surface area contributed by atoms with Gasteiger partial charge < -0.3 is 25.6 Å². The Labute approximate surface area is 236 Å². The van der Waals surface area contributed by atoms with Crippen molar-refractivity contribution < 1.29 is 19.1 Å². The average molecular weight is 571 g/mol. The molecule has 0 radical (unpaired) electrons. The predicted molar refractivity (Wildman–Crippen MR) is 151 cm³/mol. The monoisotopic (exact) mass is 570 g/mol. The van der Waals surface area contributed by atoms with Crippen LogP contribution in [0.4, 0.5) is 22.1 Å². The molecule has 1 atom stereocenters. The highest BCUT2D eigenvalue weighted by molar-refractivity contribution is 6.31. The number of nitrogens with one attached hydrogen (secondary N) is 3. The molecule has 3 aromatic rings. The molecule has 204 valence electrons. The molecule has 1 aromatic carbocycles. The van der Waals surface area contributed by atoms with E-state index < -0.39 is 23.5 Å². The van der Waals surface area contributed by atoms with E-state index in [9.17, 15) is 14.4 Å². The number of alkyl carbamates (subject to hydrolysis) is 1. The van der Waals surface area contributed by atoms with Gasteiger partial charge in [-0.05, 0) is 69.7 Å². The van der Waals surface area contributed by atoms with E-state index >= 15 is 0 Å². The van der Waals surface area contributed by atoms with Gasteiger partial charge in [-0.2, -0.15) is 0 Å². The molecule has 1 aliphatic rings. The van der Waals surface area contributed by atoms with E-state index in [1.165, 1.54) is 18.5 Å². The van der Waals surface area contributed by atoms with Crippen LogP contribution >= 0.6 is 23.2 Å². The number of nitrogens with zero attached hydrogens (tertiary/aromatic N) is 3. The van der Waals surface area contributed by atoms with E-state index in [2.05, 4.69) is 25.9 Å². The molecule has 1 aliphatic heterocycles. The summed E-state index contributed by atoms with van der Waals surface area (Å²) < 4.78 is 5.33. The summed E-state index contributed by atoms with van der Waals surface area (Å²) in [6.07, 6.45) is 3.17. The van der Waals surface area contributed by atoms with Gasteiger partial charge in [0.15, 0.2) is 0 Å². The predicted octanol–water partition coefficient (Wildman–Crippen LogP) is 5.39. The Kier molecular flexibility index (Phi) is 8.57. The smallest absolute Gasteiger partial charge is 0.407 e. The molecule has 12 heteroatoms. The molecule has 1 saturated heterocycles. The molecule has 0 aliphatic carbocycles. The fraction of sp³-hybridized carbons (Fsp3) is 0.296. The normalized spacial score (nSPS) is 15.0. The number of rotatable bonds is 6. The van der Waals surface area contributed by atoms with Crippen LogP contribution in [-0.4, -0.2) is 52.6 Å². The summed E-state index contributed by atoms with van der Waals surface area (Å²) in [6, 6.07) is 11.1. The molecule has 3 amide bonds. The lowest BCUT2D eigenvalue weighted by Crippen LogP contribution is -2.40. The lowest BCUT2D eigenvalue weighted by Gasteiger charge is -2.22. The zero-order valence-electron chi connectivity index (χ0n) is 21.6. The number of carbonyl (C=O) groups excluding carboxylic acids is 3. The van der Waals surface area contributed by atoms with E-state index in [1.54, 1.807) is 36.4 Å². The molecule has 0 spiro atoms. The van der Waals surface area contributed by atoms with Crippen molar-refractivity contribution in [3.8, 4) is 0 Å². The van der Waals surface area contributed by atoms with Crippen LogP contribution < -0.4 is 20.9 Å². The molecule has 1 unspecified atom stereocenters. The van der Waals surface area contributed by atoms with Crippen LogP contribution in [0.3, 0.4) is 0 Å². The first-order valence-electron chi connectivity index (χ1n) is 12.2. The van der Waals surface area contributed by atoms with Crippen molar-refractivity contribution in [2.75, 3.05) is 28.6 Å². The topological polar surface area (TPSA) is 126 Å². The fourth-order valence-electron chi connectivity index (χ4n) is 3.91. The fourth-order valence-corrected chi connectivity index (χ4v) is 4.19. The van der Waals surface area contributed by atoms with Crippen molar-refractivity contribution in [3.05, 3.63) is 76.0 Å². The molecular weight excluding hydrogens is 543 g/mol. The summed E-state index contributed by atoms with van der Waals surface area (Å²) >= 11 is 12.0. The molecule has 0 bridgehead atoms. The first kappa shape index (κ1) is 28.1. The van der Waals surface area contributed by atoms with Gasteiger partial charge in [-0.1, -0.05) is 23.2 Å². The van der Waals surface area contributed by atoms with E-state index in [0.29, 0.717) is 40.3 Å². The number of amides is 3. The van der Waals surface area contributed by atoms with Crippen molar-refractivity contribution in [2.24, 2.45) is 0 Å². The van der Waals surface area contributed by atoms with Crippen LogP contribution in [-0.2, 0) is 4.74 Å². The Morgan fingerprint density at radius 3 is 2.38 bits per heavy atom. The van der Waals surface area contributed by atoms with Crippen LogP contribution in [0.2, 0.25) is 10.0 Å². The second kappa shape index (κ2) is 11.9. The van der Waals surface area contributed by atoms with Crippen molar-refractivity contribution in [2.45, 2.75) is 38.8 Å². The third-order valence-electron chi connectivity index (χ3n) is 5.69. The Balaban J connectivity index is 1.39. The Morgan fingerprint density at radius 2 is 1.72 bits per heavy atom. The maximum Gasteiger partial charge on any atom is 0.407 e. The maximum atomic E-state index is 13.0. The van der Waals surface area contributed by atoms with Crippen LogP contribution in [0, 0.1) is 0 Å². The van der Waals surface area contributed by atoms with Crippen LogP contribution in [0.25, 0.3) is 0 Å². The number of hydrogen-bond acceptors (Lipinski definition) is 7. The van der Waals surface area contributed by atoms with E-state index in [0.717, 1.165) is 6.42 Å². The third-order valence-corrected chi connectivity index (χ3v) is 6.15. The molecule has 3 heterocycles. The first-order chi connectivity index (χ1) is 18.5. The summed E-state index contributed by atoms with van der Waals surface area (Å²) in [5.74, 6) is 0.0366. The Hall–Kier alpha value is -3.89. The minimum Gasteiger partial charge on any atom is -0.444 e. The Morgan fingerprint density at radius 1 is 0.949 bits per heavy atom. The van der Waals surface area contributed by atoms with Crippen LogP contribution in [0.5, 0.6) is 0 Å². The highest BCUT2D eigenvalue weighted by atomic mass is 35.5. The van der Waals surface area contributed by atoms with Crippen molar-refractivity contribution in [1.82, 2.24) is 15.3 Å². The molecule has 4 rings (SSSR count). The van der Waals surface area contributed by atoms with Crippen molar-refractivity contribution in [1.29, 1.82) is 0 Å². The quantitative estimate of drug-likeness (QED) is 0.362. The molecule has 2 aromatic heterocycles. The number of anilines is 3. The average Bonchev–Trinajstić information content (AvgIpc) is 3.33. The number of benzene rings is 1. The summed E-state index contributed by atoms with van der Waals surface area (Å²) in [4.78, 5) is 48.4. The molecule has 0 saturated carbocycles. The van der Waals surface area contributed by atoms with Gasteiger partial charge in [-0.25, -0.2) is 14.8 Å². The molecule has 10 nitrogen and oxygen atoms in total.